The predicted molar refractivity (Wildman–Crippen MR) is 390 cm³/mol. The minimum Gasteiger partial charge on any atom is -0.481 e. The number of rotatable bonds is 43. The number of anilines is 2. The summed E-state index contributed by atoms with van der Waals surface area (Å²) in [4.78, 5) is 189. The Labute approximate surface area is 621 Å². The summed E-state index contributed by atoms with van der Waals surface area (Å²) in [5.41, 5.74) is 8.41. The van der Waals surface area contributed by atoms with E-state index >= 15 is 0 Å². The quantitative estimate of drug-likeness (QED) is 0.0146. The molecule has 37 heteroatoms. The van der Waals surface area contributed by atoms with Gasteiger partial charge in [0.15, 0.2) is 0 Å². The number of primary amides is 1. The Morgan fingerprint density at radius 1 is 0.481 bits per heavy atom. The number of fused-ring (bicyclic) bond motifs is 1. The van der Waals surface area contributed by atoms with E-state index in [9.17, 15) is 101 Å². The van der Waals surface area contributed by atoms with Crippen LogP contribution in [0.4, 0.5) is 22.7 Å². The normalized spacial score (nSPS) is 13.8. The molecule has 9 atom stereocenters. The lowest BCUT2D eigenvalue weighted by Crippen LogP contribution is -2.61. The molecular weight excluding hydrogens is 1430 g/mol. The minimum atomic E-state index is -4.58. The van der Waals surface area contributed by atoms with E-state index in [0.29, 0.717) is 28.0 Å². The average molecular weight is 1520 g/mol. The largest absolute Gasteiger partial charge is 0.481 e. The second kappa shape index (κ2) is 41.6. The third-order valence-corrected chi connectivity index (χ3v) is 17.3. The first-order valence-corrected chi connectivity index (χ1v) is 35.5. The van der Waals surface area contributed by atoms with Gasteiger partial charge in [-0.2, -0.15) is 18.6 Å². The lowest BCUT2D eigenvalue weighted by molar-refractivity contribution is -0.142. The van der Waals surface area contributed by atoms with Crippen LogP contribution in [0.1, 0.15) is 95.5 Å². The predicted octanol–water partition coefficient (Wildman–Crippen LogP) is 0.810. The van der Waals surface area contributed by atoms with Gasteiger partial charge in [-0.1, -0.05) is 82.3 Å². The Hall–Kier alpha value is -12.0. The van der Waals surface area contributed by atoms with E-state index in [0.717, 1.165) is 12.6 Å². The van der Waals surface area contributed by atoms with Crippen LogP contribution in [-0.4, -0.2) is 204 Å². The van der Waals surface area contributed by atoms with E-state index in [4.69, 9.17) is 5.73 Å². The number of carboxylic acids is 3. The second-order valence-corrected chi connectivity index (χ2v) is 27.4. The molecule has 5 rings (SSSR count). The molecule has 5 aromatic carbocycles. The maximum absolute atomic E-state index is 14.2. The number of carbonyl (C=O) groups is 14. The van der Waals surface area contributed by atoms with Gasteiger partial charge in [0, 0.05) is 74.2 Å². The maximum Gasteiger partial charge on any atom is 0.305 e. The number of carbonyl (C=O) groups excluding carboxylic acids is 11. The summed E-state index contributed by atoms with van der Waals surface area (Å²) in [6, 6.07) is 14.8. The number of aliphatic hydroxyl groups excluding tert-OH is 1. The number of aliphatic hydroxyl groups is 1. The molecule has 0 bridgehead atoms. The number of hydrogen-bond acceptors (Lipinski definition) is 21. The number of hydrogen-bond donors (Lipinski definition) is 17. The number of amides is 11. The number of nitrogens with one attached hydrogen (secondary N) is 11. The van der Waals surface area contributed by atoms with E-state index in [1.165, 1.54) is 56.3 Å². The van der Waals surface area contributed by atoms with Crippen molar-refractivity contribution in [1.82, 2.24) is 53.2 Å². The van der Waals surface area contributed by atoms with Crippen molar-refractivity contribution in [3.05, 3.63) is 126 Å². The topological polar surface area (TPSA) is 561 Å². The number of aliphatic carboxylic acids is 3. The van der Waals surface area contributed by atoms with Crippen molar-refractivity contribution >= 4 is 127 Å². The van der Waals surface area contributed by atoms with E-state index in [2.05, 4.69) is 68.7 Å². The molecule has 5 aromatic rings. The van der Waals surface area contributed by atoms with E-state index < -0.39 is 204 Å². The molecule has 0 fully saturated rings. The lowest BCUT2D eigenvalue weighted by Gasteiger charge is -2.29. The first-order valence-electron chi connectivity index (χ1n) is 34.1. The number of nitrogens with two attached hydrogens (primary N) is 1. The van der Waals surface area contributed by atoms with Crippen molar-refractivity contribution in [2.45, 2.75) is 145 Å². The summed E-state index contributed by atoms with van der Waals surface area (Å²) in [5.74, 6) is -17.9. The number of azo groups is 1. The molecule has 36 nitrogen and oxygen atoms in total. The zero-order valence-electron chi connectivity index (χ0n) is 60.2. The summed E-state index contributed by atoms with van der Waals surface area (Å²) in [6.45, 7) is 6.18. The molecule has 9 unspecified atom stereocenters. The molecule has 18 N–H and O–H groups in total. The third kappa shape index (κ3) is 28.1. The van der Waals surface area contributed by atoms with Gasteiger partial charge < -0.3 is 89.5 Å². The Morgan fingerprint density at radius 3 is 1.52 bits per heavy atom. The van der Waals surface area contributed by atoms with Gasteiger partial charge in [-0.3, -0.25) is 71.7 Å². The van der Waals surface area contributed by atoms with E-state index in [-0.39, 0.29) is 41.8 Å². The van der Waals surface area contributed by atoms with Crippen LogP contribution >= 0.6 is 0 Å². The molecule has 11 amide bonds. The Balaban J connectivity index is 1.24. The van der Waals surface area contributed by atoms with Crippen molar-refractivity contribution in [1.29, 1.82) is 0 Å². The molecule has 0 aliphatic heterocycles. The first kappa shape index (κ1) is 86.6. The Kier molecular flexibility index (Phi) is 33.4. The summed E-state index contributed by atoms with van der Waals surface area (Å²) < 4.78 is 33.9. The Morgan fingerprint density at radius 2 is 0.972 bits per heavy atom. The fourth-order valence-electron chi connectivity index (χ4n) is 10.7. The van der Waals surface area contributed by atoms with Gasteiger partial charge >= 0.3 is 17.9 Å². The highest BCUT2D eigenvalue weighted by atomic mass is 32.2. The van der Waals surface area contributed by atoms with Crippen LogP contribution in [0.5, 0.6) is 0 Å². The first-order chi connectivity index (χ1) is 50.9. The zero-order chi connectivity index (χ0) is 80.1. The van der Waals surface area contributed by atoms with Gasteiger partial charge in [0.05, 0.1) is 30.8 Å². The van der Waals surface area contributed by atoms with Crippen molar-refractivity contribution in [3.8, 4) is 0 Å². The summed E-state index contributed by atoms with van der Waals surface area (Å²) in [7, 11) is -0.811. The molecule has 0 aromatic heterocycles. The summed E-state index contributed by atoms with van der Waals surface area (Å²) >= 11 is 0. The van der Waals surface area contributed by atoms with E-state index in [1.54, 1.807) is 74.5 Å². The summed E-state index contributed by atoms with van der Waals surface area (Å²) in [5, 5.41) is 75.2. The molecule has 0 saturated carbocycles. The SMILES string of the molecule is CC(C)CC(NC(=O)C(CC(N)=O)NC(=O)C(NC(=O)C(CCC(=O)O)NC(=O)C(CO)NC(=O)c1ccc(N=Nc2ccc(N(C)C)cc2)cc1)C(C)C)C(=O)NC(CC(=O)O)C(=O)NC(C)C(=O)NC(CCC(=O)O)C(=O)NC(Cc1ccccc1)C(=O)NCCNc1cccc2c(S(=O)(=O)O)cccc12. The highest BCUT2D eigenvalue weighted by molar-refractivity contribution is 7.86. The molecule has 0 heterocycles. The maximum atomic E-state index is 14.2. The van der Waals surface area contributed by atoms with Crippen LogP contribution in [0, 0.1) is 11.8 Å². The van der Waals surface area contributed by atoms with Crippen molar-refractivity contribution in [2.75, 3.05) is 44.0 Å². The molecule has 0 radical (unpaired) electrons. The van der Waals surface area contributed by atoms with Crippen LogP contribution < -0.4 is 69.1 Å². The number of nitrogens with zero attached hydrogens (tertiary/aromatic N) is 3. The number of carboxylic acid groups (broad SMARTS) is 3. The highest BCUT2D eigenvalue weighted by Gasteiger charge is 2.37. The molecule has 582 valence electrons. The van der Waals surface area contributed by atoms with Gasteiger partial charge in [0.1, 0.15) is 59.3 Å². The standard InChI is InChI=1S/C71H91N15O21S/c1-38(2)33-51(78-69(102)53(35-57(72)88)81-71(104)61(39(3)4)83-66(99)50(28-30-59(91)92)77-70(103)55(37-87)82-63(96)42-19-21-43(22-20-42)84-85-44-23-25-45(26-24-44)86(6)7)68(101)80-54(36-60(93)94)67(100)75-40(5)62(95)76-49(27-29-58(89)90)65(98)79-52(34-41-13-9-8-10-14-41)64(97)74-32-31-73-48-17-11-16-47-46(48)15-12-18-56(47)108(105,106)107/h8-26,38-40,49-55,61,73,87H,27-37H2,1-7H3,(H2,72,88)(H,74,97)(H,75,100)(H,76,95)(H,77,103)(H,78,102)(H,79,98)(H,80,101)(H,81,104)(H,82,96)(H,83,99)(H,89,90)(H,91,92)(H,93,94)(H,105,106,107). The smallest absolute Gasteiger partial charge is 0.305 e. The fraction of sp³-hybridized carbons (Fsp3) is 0.408. The Bertz CT molecular complexity index is 4200. The van der Waals surface area contributed by atoms with Gasteiger partial charge in [-0.05, 0) is 104 Å². The van der Waals surface area contributed by atoms with Gasteiger partial charge in [-0.15, -0.1) is 0 Å². The van der Waals surface area contributed by atoms with Crippen LogP contribution in [0.2, 0.25) is 0 Å². The van der Waals surface area contributed by atoms with Crippen LogP contribution in [0.3, 0.4) is 0 Å². The van der Waals surface area contributed by atoms with Crippen molar-refractivity contribution in [2.24, 2.45) is 27.8 Å². The van der Waals surface area contributed by atoms with E-state index in [1.807, 2.05) is 31.1 Å². The number of benzene rings is 5. The van der Waals surface area contributed by atoms with Crippen LogP contribution in [0.15, 0.2) is 130 Å². The molecule has 108 heavy (non-hydrogen) atoms. The average Bonchev–Trinajstić information content (AvgIpc) is 0.785. The highest BCUT2D eigenvalue weighted by Crippen LogP contribution is 2.29. The molecule has 0 aliphatic rings. The van der Waals surface area contributed by atoms with Gasteiger partial charge in [-0.25, -0.2) is 0 Å². The summed E-state index contributed by atoms with van der Waals surface area (Å²) in [6.07, 6.45) is -5.01. The molecule has 0 aliphatic carbocycles. The van der Waals surface area contributed by atoms with Crippen LogP contribution in [0.25, 0.3) is 10.8 Å². The zero-order valence-corrected chi connectivity index (χ0v) is 61.0. The van der Waals surface area contributed by atoms with Crippen LogP contribution in [-0.2, 0) is 78.9 Å². The third-order valence-electron chi connectivity index (χ3n) is 16.3. The van der Waals surface area contributed by atoms with Crippen molar-refractivity contribution in [3.63, 3.8) is 0 Å². The molecular formula is C71H91N15O21S. The van der Waals surface area contributed by atoms with Gasteiger partial charge in [0.2, 0.25) is 59.1 Å². The molecule has 0 spiro atoms. The van der Waals surface area contributed by atoms with Crippen molar-refractivity contribution < 1.29 is 101 Å². The van der Waals surface area contributed by atoms with Gasteiger partial charge in [0.25, 0.3) is 16.0 Å². The fourth-order valence-corrected chi connectivity index (χ4v) is 11.4. The lowest BCUT2D eigenvalue weighted by atomic mass is 10.00. The molecule has 0 saturated heterocycles. The monoisotopic (exact) mass is 1520 g/mol. The minimum absolute atomic E-state index is 0.0204. The second-order valence-electron chi connectivity index (χ2n) is 26.0.